The van der Waals surface area contributed by atoms with Gasteiger partial charge in [-0.25, -0.2) is 4.68 Å². The van der Waals surface area contributed by atoms with Gasteiger partial charge in [0.25, 0.3) is 5.91 Å². The molecule has 1 aliphatic heterocycles. The minimum Gasteiger partial charge on any atom is -0.497 e. The van der Waals surface area contributed by atoms with Crippen molar-refractivity contribution >= 4 is 12.0 Å². The highest BCUT2D eigenvalue weighted by Gasteiger charge is 2.23. The van der Waals surface area contributed by atoms with Crippen LogP contribution in [0.4, 0.5) is 0 Å². The number of hydrogen-bond acceptors (Lipinski definition) is 5. The molecule has 0 aliphatic carbocycles. The summed E-state index contributed by atoms with van der Waals surface area (Å²) in [4.78, 5) is 17.0. The summed E-state index contributed by atoms with van der Waals surface area (Å²) in [6, 6.07) is 18.1. The minimum atomic E-state index is -0.0551. The smallest absolute Gasteiger partial charge is 0.276 e. The Labute approximate surface area is 182 Å². The summed E-state index contributed by atoms with van der Waals surface area (Å²) in [7, 11) is 1.64. The lowest BCUT2D eigenvalue weighted by Crippen LogP contribution is -2.48. The lowest BCUT2D eigenvalue weighted by Gasteiger charge is -2.33. The number of ether oxygens (including phenoxy) is 1. The van der Waals surface area contributed by atoms with Crippen LogP contribution in [0.5, 0.6) is 5.75 Å². The van der Waals surface area contributed by atoms with Crippen molar-refractivity contribution in [3.05, 3.63) is 83.7 Å². The number of hydrogen-bond donors (Lipinski definition) is 0. The summed E-state index contributed by atoms with van der Waals surface area (Å²) in [6.45, 7) is 4.54. The van der Waals surface area contributed by atoms with Gasteiger partial charge in [-0.05, 0) is 23.3 Å². The second-order valence-electron chi connectivity index (χ2n) is 7.56. The zero-order valence-corrected chi connectivity index (χ0v) is 17.7. The molecule has 0 unspecified atom stereocenters. The maximum Gasteiger partial charge on any atom is 0.276 e. The molecule has 7 heteroatoms. The maximum atomic E-state index is 12.8. The SMILES string of the molecule is COc1ccc(Cn2cc(C(=O)N3CCN(C/C=C/c4ccccc4)CC3)nn2)cc1. The predicted octanol–water partition coefficient (Wildman–Crippen LogP) is 2.81. The third kappa shape index (κ3) is 5.58. The zero-order chi connectivity index (χ0) is 21.5. The Morgan fingerprint density at radius 1 is 1.03 bits per heavy atom. The largest absolute Gasteiger partial charge is 0.497 e. The van der Waals surface area contributed by atoms with Crippen molar-refractivity contribution in [3.63, 3.8) is 0 Å². The number of rotatable bonds is 7. The van der Waals surface area contributed by atoms with E-state index in [1.165, 1.54) is 5.56 Å². The number of methoxy groups -OCH3 is 1. The molecule has 0 radical (unpaired) electrons. The Balaban J connectivity index is 1.26. The van der Waals surface area contributed by atoms with Gasteiger partial charge < -0.3 is 9.64 Å². The standard InChI is InChI=1S/C24H27N5O2/c1-31-22-11-9-21(10-12-22)18-29-19-23(25-26-29)24(30)28-16-14-27(15-17-28)13-5-8-20-6-3-2-4-7-20/h2-12,19H,13-18H2,1H3/b8-5+. The van der Waals surface area contributed by atoms with Gasteiger partial charge >= 0.3 is 0 Å². The average Bonchev–Trinajstić information content (AvgIpc) is 3.29. The fraction of sp³-hybridized carbons (Fsp3) is 0.292. The number of nitrogens with zero attached hydrogens (tertiary/aromatic N) is 5. The molecule has 2 heterocycles. The maximum absolute atomic E-state index is 12.8. The first-order valence-corrected chi connectivity index (χ1v) is 10.5. The van der Waals surface area contributed by atoms with Crippen LogP contribution in [-0.4, -0.2) is 70.5 Å². The van der Waals surface area contributed by atoms with Gasteiger partial charge in [-0.1, -0.05) is 59.8 Å². The molecule has 31 heavy (non-hydrogen) atoms. The number of benzene rings is 2. The van der Waals surface area contributed by atoms with Crippen molar-refractivity contribution in [2.24, 2.45) is 0 Å². The Hall–Kier alpha value is -3.45. The normalized spacial score (nSPS) is 14.8. The van der Waals surface area contributed by atoms with Crippen LogP contribution in [0.1, 0.15) is 21.6 Å². The van der Waals surface area contributed by atoms with Crippen LogP contribution in [0, 0.1) is 0 Å². The molecule has 0 atom stereocenters. The Kier molecular flexibility index (Phi) is 6.74. The zero-order valence-electron chi connectivity index (χ0n) is 17.7. The third-order valence-corrected chi connectivity index (χ3v) is 5.39. The highest BCUT2D eigenvalue weighted by molar-refractivity contribution is 5.92. The molecule has 0 bridgehead atoms. The molecule has 1 saturated heterocycles. The van der Waals surface area contributed by atoms with E-state index in [-0.39, 0.29) is 5.91 Å². The number of piperazine rings is 1. The second-order valence-corrected chi connectivity index (χ2v) is 7.56. The third-order valence-electron chi connectivity index (χ3n) is 5.39. The molecule has 160 valence electrons. The number of aromatic nitrogens is 3. The van der Waals surface area contributed by atoms with Crippen LogP contribution >= 0.6 is 0 Å². The molecule has 7 nitrogen and oxygen atoms in total. The Morgan fingerprint density at radius 2 is 1.77 bits per heavy atom. The van der Waals surface area contributed by atoms with E-state index in [1.54, 1.807) is 18.0 Å². The van der Waals surface area contributed by atoms with Crippen LogP contribution < -0.4 is 4.74 Å². The van der Waals surface area contributed by atoms with E-state index in [0.29, 0.717) is 25.3 Å². The van der Waals surface area contributed by atoms with Gasteiger partial charge in [-0.2, -0.15) is 0 Å². The van der Waals surface area contributed by atoms with Crippen molar-refractivity contribution in [1.29, 1.82) is 0 Å². The molecule has 1 amide bonds. The number of amides is 1. The molecule has 0 saturated carbocycles. The highest BCUT2D eigenvalue weighted by Crippen LogP contribution is 2.13. The van der Waals surface area contributed by atoms with Gasteiger partial charge in [0.1, 0.15) is 5.75 Å². The molecular weight excluding hydrogens is 390 g/mol. The molecule has 1 aliphatic rings. The lowest BCUT2D eigenvalue weighted by atomic mass is 10.2. The molecule has 2 aromatic carbocycles. The van der Waals surface area contributed by atoms with E-state index >= 15 is 0 Å². The first-order valence-electron chi connectivity index (χ1n) is 10.5. The van der Waals surface area contributed by atoms with Crippen LogP contribution in [-0.2, 0) is 6.54 Å². The van der Waals surface area contributed by atoms with Crippen molar-refractivity contribution in [1.82, 2.24) is 24.8 Å². The first-order chi connectivity index (χ1) is 15.2. The summed E-state index contributed by atoms with van der Waals surface area (Å²) in [5.74, 6) is 0.758. The van der Waals surface area contributed by atoms with E-state index < -0.39 is 0 Å². The van der Waals surface area contributed by atoms with E-state index in [9.17, 15) is 4.79 Å². The van der Waals surface area contributed by atoms with Gasteiger partial charge in [0.05, 0.1) is 19.9 Å². The summed E-state index contributed by atoms with van der Waals surface area (Å²) >= 11 is 0. The summed E-state index contributed by atoms with van der Waals surface area (Å²) in [5, 5.41) is 8.22. The molecule has 1 aromatic heterocycles. The van der Waals surface area contributed by atoms with Crippen molar-refractivity contribution in [2.75, 3.05) is 39.8 Å². The predicted molar refractivity (Wildman–Crippen MR) is 120 cm³/mol. The summed E-state index contributed by atoms with van der Waals surface area (Å²) in [6.07, 6.45) is 6.04. The van der Waals surface area contributed by atoms with Crippen LogP contribution in [0.2, 0.25) is 0 Å². The van der Waals surface area contributed by atoms with E-state index in [1.807, 2.05) is 47.4 Å². The summed E-state index contributed by atoms with van der Waals surface area (Å²) in [5.41, 5.74) is 2.67. The quantitative estimate of drug-likeness (QED) is 0.592. The monoisotopic (exact) mass is 417 g/mol. The topological polar surface area (TPSA) is 63.5 Å². The van der Waals surface area contributed by atoms with E-state index in [0.717, 1.165) is 30.9 Å². The molecule has 0 spiro atoms. The van der Waals surface area contributed by atoms with Crippen LogP contribution in [0.25, 0.3) is 6.08 Å². The van der Waals surface area contributed by atoms with E-state index in [2.05, 4.69) is 39.5 Å². The minimum absolute atomic E-state index is 0.0551. The van der Waals surface area contributed by atoms with Crippen molar-refractivity contribution < 1.29 is 9.53 Å². The van der Waals surface area contributed by atoms with Gasteiger partial charge in [0.15, 0.2) is 5.69 Å². The second kappa shape index (κ2) is 10.0. The van der Waals surface area contributed by atoms with Crippen molar-refractivity contribution in [3.8, 4) is 5.75 Å². The first kappa shape index (κ1) is 20.8. The Bertz CT molecular complexity index is 1010. The molecule has 3 aromatic rings. The highest BCUT2D eigenvalue weighted by atomic mass is 16.5. The van der Waals surface area contributed by atoms with Crippen molar-refractivity contribution in [2.45, 2.75) is 6.54 Å². The lowest BCUT2D eigenvalue weighted by molar-refractivity contribution is 0.0644. The Morgan fingerprint density at radius 3 is 2.48 bits per heavy atom. The fourth-order valence-electron chi connectivity index (χ4n) is 3.59. The molecule has 4 rings (SSSR count). The van der Waals surface area contributed by atoms with E-state index in [4.69, 9.17) is 4.74 Å². The molecule has 1 fully saturated rings. The number of carbonyl (C=O) groups excluding carboxylic acids is 1. The summed E-state index contributed by atoms with van der Waals surface area (Å²) < 4.78 is 6.87. The fourth-order valence-corrected chi connectivity index (χ4v) is 3.59. The van der Waals surface area contributed by atoms with Gasteiger partial charge in [-0.3, -0.25) is 9.69 Å². The molecular formula is C24H27N5O2. The van der Waals surface area contributed by atoms with Crippen LogP contribution in [0.15, 0.2) is 66.9 Å². The van der Waals surface area contributed by atoms with Crippen LogP contribution in [0.3, 0.4) is 0 Å². The number of carbonyl (C=O) groups is 1. The average molecular weight is 418 g/mol. The van der Waals surface area contributed by atoms with Gasteiger partial charge in [0.2, 0.25) is 0 Å². The van der Waals surface area contributed by atoms with Gasteiger partial charge in [-0.15, -0.1) is 5.10 Å². The molecule has 0 N–H and O–H groups in total. The van der Waals surface area contributed by atoms with Gasteiger partial charge in [0, 0.05) is 32.7 Å².